The summed E-state index contributed by atoms with van der Waals surface area (Å²) in [6.45, 7) is 6.86. The summed E-state index contributed by atoms with van der Waals surface area (Å²) in [5, 5.41) is 3.82. The maximum Gasteiger partial charge on any atom is 0.247 e. The van der Waals surface area contributed by atoms with Gasteiger partial charge in [0.2, 0.25) is 5.69 Å². The Morgan fingerprint density at radius 2 is 2.06 bits per heavy atom. The van der Waals surface area contributed by atoms with E-state index in [1.807, 2.05) is 26.8 Å². The van der Waals surface area contributed by atoms with Gasteiger partial charge in [0.1, 0.15) is 5.76 Å². The zero-order valence-electron chi connectivity index (χ0n) is 9.63. The van der Waals surface area contributed by atoms with Gasteiger partial charge < -0.3 is 13.6 Å². The third kappa shape index (κ3) is 4.55. The zero-order valence-corrected chi connectivity index (χ0v) is 12.2. The molecule has 0 amide bonds. The molecule has 92 valence electrons. The molecule has 0 fully saturated rings. The highest BCUT2D eigenvalue weighted by atomic mass is 32.9. The Kier molecular flexibility index (Phi) is 6.00. The van der Waals surface area contributed by atoms with E-state index in [-0.39, 0.29) is 0 Å². The Labute approximate surface area is 105 Å². The van der Waals surface area contributed by atoms with Gasteiger partial charge in [0.25, 0.3) is 0 Å². The average Bonchev–Trinajstić information content (AvgIpc) is 2.62. The maximum absolute atomic E-state index is 5.50. The number of aryl methyl sites for hydroxylation is 1. The summed E-state index contributed by atoms with van der Waals surface area (Å²) < 4.78 is 16.1. The first-order valence-corrected chi connectivity index (χ1v) is 9.28. The van der Waals surface area contributed by atoms with E-state index in [4.69, 9.17) is 25.4 Å². The lowest BCUT2D eigenvalue weighted by Crippen LogP contribution is -1.92. The summed E-state index contributed by atoms with van der Waals surface area (Å²) in [7, 11) is 0. The van der Waals surface area contributed by atoms with Crippen molar-refractivity contribution in [1.82, 2.24) is 5.16 Å². The van der Waals surface area contributed by atoms with Gasteiger partial charge in [0.15, 0.2) is 0 Å². The Morgan fingerprint density at radius 3 is 2.50 bits per heavy atom. The van der Waals surface area contributed by atoms with Crippen LogP contribution in [0.1, 0.15) is 25.3 Å². The summed E-state index contributed by atoms with van der Waals surface area (Å²) in [5.41, 5.74) is -1.34. The molecule has 0 spiro atoms. The van der Waals surface area contributed by atoms with Crippen LogP contribution in [0, 0.1) is 6.92 Å². The molecular weight excluding hydrogens is 265 g/mol. The van der Waals surface area contributed by atoms with Gasteiger partial charge in [-0.15, -0.1) is 0 Å². The molecule has 1 aromatic heterocycles. The van der Waals surface area contributed by atoms with Crippen LogP contribution in [-0.4, -0.2) is 18.4 Å². The van der Waals surface area contributed by atoms with Crippen molar-refractivity contribution in [2.45, 2.75) is 26.5 Å². The Hall–Kier alpha value is 0.130. The summed E-state index contributed by atoms with van der Waals surface area (Å²) in [6, 6.07) is 1.89. The average molecular weight is 281 g/mol. The quantitative estimate of drug-likeness (QED) is 0.713. The number of nitrogens with zero attached hydrogens (tertiary/aromatic N) is 1. The molecule has 0 N–H and O–H groups in total. The number of hydrogen-bond acceptors (Lipinski definition) is 6. The van der Waals surface area contributed by atoms with Crippen LogP contribution in [0.5, 0.6) is 0 Å². The van der Waals surface area contributed by atoms with Crippen LogP contribution in [0.4, 0.5) is 0 Å². The molecule has 0 bridgehead atoms. The number of rotatable bonds is 7. The van der Waals surface area contributed by atoms with Gasteiger partial charge in [-0.3, -0.25) is 0 Å². The van der Waals surface area contributed by atoms with E-state index in [9.17, 15) is 0 Å². The fraction of sp³-hybridized carbons (Fsp3) is 0.667. The molecule has 0 unspecified atom stereocenters. The van der Waals surface area contributed by atoms with Crippen molar-refractivity contribution < 1.29 is 13.6 Å². The lowest BCUT2D eigenvalue weighted by molar-refractivity contribution is 0.280. The second-order valence-electron chi connectivity index (χ2n) is 2.99. The standard InChI is InChI=1S/C9H16NO3PS2/c1-4-11-14(15,12-5-2)16-7-9-6-8(3)10-13-9/h6H,4-5,7H2,1-3H3. The highest BCUT2D eigenvalue weighted by Gasteiger charge is 2.19. The van der Waals surface area contributed by atoms with Gasteiger partial charge >= 0.3 is 0 Å². The molecule has 0 atom stereocenters. The minimum atomic E-state index is -2.21. The van der Waals surface area contributed by atoms with E-state index < -0.39 is 5.69 Å². The molecular formula is C9H16NO3PS2. The Balaban J connectivity index is 2.53. The van der Waals surface area contributed by atoms with Crippen molar-refractivity contribution in [3.05, 3.63) is 17.5 Å². The van der Waals surface area contributed by atoms with Crippen molar-refractivity contribution >= 4 is 28.9 Å². The van der Waals surface area contributed by atoms with Crippen LogP contribution in [0.25, 0.3) is 0 Å². The normalized spacial score (nSPS) is 11.9. The molecule has 7 heteroatoms. The molecule has 0 aliphatic heterocycles. The fourth-order valence-corrected chi connectivity index (χ4v) is 5.38. The predicted octanol–water partition coefficient (Wildman–Crippen LogP) is 3.51. The number of aromatic nitrogens is 1. The van der Waals surface area contributed by atoms with Crippen molar-refractivity contribution in [3.8, 4) is 0 Å². The van der Waals surface area contributed by atoms with Crippen LogP contribution >= 0.6 is 17.1 Å². The van der Waals surface area contributed by atoms with Gasteiger partial charge in [-0.05, 0) is 32.6 Å². The zero-order chi connectivity index (χ0) is 12.0. The van der Waals surface area contributed by atoms with Gasteiger partial charge in [-0.2, -0.15) is 0 Å². The second-order valence-corrected chi connectivity index (χ2v) is 9.30. The first-order chi connectivity index (χ1) is 7.59. The van der Waals surface area contributed by atoms with Crippen LogP contribution in [-0.2, 0) is 26.6 Å². The van der Waals surface area contributed by atoms with E-state index >= 15 is 0 Å². The van der Waals surface area contributed by atoms with Crippen molar-refractivity contribution in [2.24, 2.45) is 0 Å². The smallest absolute Gasteiger partial charge is 0.247 e. The van der Waals surface area contributed by atoms with Crippen LogP contribution in [0.15, 0.2) is 10.6 Å². The highest BCUT2D eigenvalue weighted by Crippen LogP contribution is 2.61. The molecule has 16 heavy (non-hydrogen) atoms. The lowest BCUT2D eigenvalue weighted by atomic mass is 10.4. The minimum Gasteiger partial charge on any atom is -0.360 e. The topological polar surface area (TPSA) is 44.5 Å². The number of hydrogen-bond donors (Lipinski definition) is 0. The second kappa shape index (κ2) is 6.77. The van der Waals surface area contributed by atoms with E-state index in [1.54, 1.807) is 0 Å². The monoisotopic (exact) mass is 281 g/mol. The SMILES string of the molecule is CCOP(=S)(OCC)SCc1cc(C)no1. The molecule has 0 aliphatic rings. The fourth-order valence-electron chi connectivity index (χ4n) is 1.06. The first-order valence-electron chi connectivity index (χ1n) is 5.05. The molecule has 0 saturated heterocycles. The van der Waals surface area contributed by atoms with Gasteiger partial charge in [-0.1, -0.05) is 16.5 Å². The Morgan fingerprint density at radius 1 is 1.44 bits per heavy atom. The van der Waals surface area contributed by atoms with E-state index in [0.717, 1.165) is 11.5 Å². The molecule has 1 aromatic rings. The van der Waals surface area contributed by atoms with E-state index in [1.165, 1.54) is 11.4 Å². The lowest BCUT2D eigenvalue weighted by Gasteiger charge is -2.19. The van der Waals surface area contributed by atoms with E-state index in [2.05, 4.69) is 5.16 Å². The summed E-state index contributed by atoms with van der Waals surface area (Å²) in [5.74, 6) is 1.44. The molecule has 4 nitrogen and oxygen atoms in total. The summed E-state index contributed by atoms with van der Waals surface area (Å²) >= 11 is 6.86. The van der Waals surface area contributed by atoms with Crippen LogP contribution in [0.3, 0.4) is 0 Å². The predicted molar refractivity (Wildman–Crippen MR) is 70.1 cm³/mol. The van der Waals surface area contributed by atoms with E-state index in [0.29, 0.717) is 19.0 Å². The first kappa shape index (κ1) is 14.2. The maximum atomic E-state index is 5.50. The molecule has 0 radical (unpaired) electrons. The van der Waals surface area contributed by atoms with Crippen LogP contribution < -0.4 is 0 Å². The van der Waals surface area contributed by atoms with Crippen LogP contribution in [0.2, 0.25) is 0 Å². The highest BCUT2D eigenvalue weighted by molar-refractivity contribution is 8.67. The molecule has 0 saturated carbocycles. The third-order valence-electron chi connectivity index (χ3n) is 1.62. The summed E-state index contributed by atoms with van der Waals surface area (Å²) in [4.78, 5) is 0. The molecule has 0 aromatic carbocycles. The van der Waals surface area contributed by atoms with Gasteiger partial charge in [0.05, 0.1) is 24.7 Å². The molecule has 1 rings (SSSR count). The van der Waals surface area contributed by atoms with Crippen molar-refractivity contribution in [1.29, 1.82) is 0 Å². The molecule has 1 heterocycles. The largest absolute Gasteiger partial charge is 0.360 e. The summed E-state index contributed by atoms with van der Waals surface area (Å²) in [6.07, 6.45) is 0. The molecule has 0 aliphatic carbocycles. The minimum absolute atomic E-state index is 0.569. The Bertz CT molecular complexity index is 359. The van der Waals surface area contributed by atoms with Crippen molar-refractivity contribution in [3.63, 3.8) is 0 Å². The van der Waals surface area contributed by atoms with Crippen molar-refractivity contribution in [2.75, 3.05) is 13.2 Å². The third-order valence-corrected chi connectivity index (χ3v) is 7.04. The van der Waals surface area contributed by atoms with Gasteiger partial charge in [0, 0.05) is 6.07 Å². The van der Waals surface area contributed by atoms with Gasteiger partial charge in [-0.25, -0.2) is 0 Å².